The summed E-state index contributed by atoms with van der Waals surface area (Å²) in [7, 11) is 0. The monoisotopic (exact) mass is 388 g/mol. The first kappa shape index (κ1) is 19.1. The van der Waals surface area contributed by atoms with Crippen LogP contribution in [-0.4, -0.2) is 34.5 Å². The van der Waals surface area contributed by atoms with Gasteiger partial charge in [0.05, 0.1) is 11.7 Å². The fourth-order valence-electron chi connectivity index (χ4n) is 8.60. The first-order valence-corrected chi connectivity index (χ1v) is 11.6. The lowest BCUT2D eigenvalue weighted by Crippen LogP contribution is -2.66. The third kappa shape index (κ3) is 2.46. The van der Waals surface area contributed by atoms with E-state index in [-0.39, 0.29) is 28.8 Å². The number of hydrogen-bond acceptors (Lipinski definition) is 4. The molecule has 1 heterocycles. The highest BCUT2D eigenvalue weighted by Crippen LogP contribution is 2.68. The van der Waals surface area contributed by atoms with Crippen molar-refractivity contribution in [2.24, 2.45) is 34.5 Å². The normalized spacial score (nSPS) is 53.5. The molecule has 5 aliphatic rings. The van der Waals surface area contributed by atoms with Crippen molar-refractivity contribution in [3.63, 3.8) is 0 Å². The van der Waals surface area contributed by atoms with E-state index in [4.69, 9.17) is 4.74 Å². The van der Waals surface area contributed by atoms with Crippen LogP contribution in [0.15, 0.2) is 11.6 Å². The predicted octanol–water partition coefficient (Wildman–Crippen LogP) is 3.99. The molecule has 1 aliphatic heterocycles. The van der Waals surface area contributed by atoms with Gasteiger partial charge in [-0.3, -0.25) is 0 Å². The molecule has 4 nitrogen and oxygen atoms in total. The minimum atomic E-state index is -0.643. The molecule has 4 fully saturated rings. The largest absolute Gasteiger partial charge is 0.458 e. The summed E-state index contributed by atoms with van der Waals surface area (Å²) in [4.78, 5) is 11.7. The van der Waals surface area contributed by atoms with Crippen LogP contribution in [0.5, 0.6) is 0 Å². The average Bonchev–Trinajstić information content (AvgIpc) is 3.08. The zero-order valence-corrected chi connectivity index (χ0v) is 17.5. The third-order valence-electron chi connectivity index (χ3n) is 10.2. The summed E-state index contributed by atoms with van der Waals surface area (Å²) in [5.41, 5.74) is 0.571. The Morgan fingerprint density at radius 1 is 1.04 bits per heavy atom. The summed E-state index contributed by atoms with van der Waals surface area (Å²) in [5, 5.41) is 22.5. The first-order valence-electron chi connectivity index (χ1n) is 11.6. The van der Waals surface area contributed by atoms with Crippen LogP contribution in [0.3, 0.4) is 0 Å². The second-order valence-electron chi connectivity index (χ2n) is 11.1. The fraction of sp³-hybridized carbons (Fsp3) is 0.875. The lowest BCUT2D eigenvalue weighted by atomic mass is 9.39. The highest BCUT2D eigenvalue weighted by Gasteiger charge is 2.66. The van der Waals surface area contributed by atoms with Gasteiger partial charge in [0.15, 0.2) is 0 Å². The van der Waals surface area contributed by atoms with Gasteiger partial charge in [0.25, 0.3) is 0 Å². The minimum absolute atomic E-state index is 0.127. The molecule has 4 heteroatoms. The minimum Gasteiger partial charge on any atom is -0.458 e. The second-order valence-corrected chi connectivity index (χ2v) is 11.1. The number of esters is 1. The molecule has 0 spiro atoms. The number of hydrogen-bond donors (Lipinski definition) is 2. The molecule has 156 valence electrons. The molecule has 0 aromatic heterocycles. The average molecular weight is 389 g/mol. The summed E-state index contributed by atoms with van der Waals surface area (Å²) in [6.45, 7) is 5.18. The fourth-order valence-corrected chi connectivity index (χ4v) is 8.60. The molecule has 4 saturated carbocycles. The van der Waals surface area contributed by atoms with Crippen molar-refractivity contribution in [2.45, 2.75) is 89.8 Å². The number of carbonyl (C=O) groups is 1. The Morgan fingerprint density at radius 2 is 1.86 bits per heavy atom. The van der Waals surface area contributed by atoms with Crippen LogP contribution in [0.4, 0.5) is 0 Å². The van der Waals surface area contributed by atoms with E-state index in [1.807, 2.05) is 0 Å². The quantitative estimate of drug-likeness (QED) is 0.667. The molecule has 2 N–H and O–H groups in total. The summed E-state index contributed by atoms with van der Waals surface area (Å²) in [5.74, 6) is 1.57. The molecule has 0 aromatic carbocycles. The molecule has 0 bridgehead atoms. The van der Waals surface area contributed by atoms with Crippen molar-refractivity contribution in [3.05, 3.63) is 11.6 Å². The zero-order valence-electron chi connectivity index (χ0n) is 17.5. The molecule has 0 unspecified atom stereocenters. The van der Waals surface area contributed by atoms with Gasteiger partial charge in [0, 0.05) is 11.5 Å². The van der Waals surface area contributed by atoms with Crippen LogP contribution in [0, 0.1) is 34.5 Å². The van der Waals surface area contributed by atoms with Gasteiger partial charge in [0.2, 0.25) is 0 Å². The molecule has 0 amide bonds. The Kier molecular flexibility index (Phi) is 4.31. The Bertz CT molecular complexity index is 701. The van der Waals surface area contributed by atoms with Crippen LogP contribution in [-0.2, 0) is 9.53 Å². The van der Waals surface area contributed by atoms with E-state index in [9.17, 15) is 15.0 Å². The molecule has 8 atom stereocenters. The van der Waals surface area contributed by atoms with Crippen molar-refractivity contribution in [1.82, 2.24) is 0 Å². The molecular formula is C24H36O4. The number of rotatable bonds is 1. The number of carbonyl (C=O) groups excluding carboxylic acids is 1. The highest BCUT2D eigenvalue weighted by atomic mass is 16.5. The number of fused-ring (bicyclic) bond motifs is 5. The lowest BCUT2D eigenvalue weighted by molar-refractivity contribution is -0.241. The van der Waals surface area contributed by atoms with Gasteiger partial charge >= 0.3 is 5.97 Å². The van der Waals surface area contributed by atoms with Crippen molar-refractivity contribution >= 4 is 5.97 Å². The van der Waals surface area contributed by atoms with Crippen LogP contribution in [0.1, 0.15) is 78.1 Å². The summed E-state index contributed by atoms with van der Waals surface area (Å²) in [6, 6.07) is 0. The summed E-state index contributed by atoms with van der Waals surface area (Å²) >= 11 is 0. The van der Waals surface area contributed by atoms with Gasteiger partial charge in [-0.2, -0.15) is 0 Å². The molecule has 0 saturated heterocycles. The van der Waals surface area contributed by atoms with Gasteiger partial charge in [-0.15, -0.1) is 0 Å². The Labute approximate surface area is 168 Å². The summed E-state index contributed by atoms with van der Waals surface area (Å²) in [6.07, 6.45) is 12.0. The molecular weight excluding hydrogens is 352 g/mol. The predicted molar refractivity (Wildman–Crippen MR) is 106 cm³/mol. The zero-order chi connectivity index (χ0) is 19.7. The maximum Gasteiger partial charge on any atom is 0.331 e. The van der Waals surface area contributed by atoms with Crippen LogP contribution in [0.2, 0.25) is 0 Å². The Morgan fingerprint density at radius 3 is 2.61 bits per heavy atom. The van der Waals surface area contributed by atoms with E-state index in [1.165, 1.54) is 6.42 Å². The highest BCUT2D eigenvalue weighted by molar-refractivity contribution is 5.85. The molecule has 0 aromatic rings. The maximum absolute atomic E-state index is 12.3. The summed E-state index contributed by atoms with van der Waals surface area (Å²) < 4.78 is 5.24. The number of aliphatic hydroxyl groups is 2. The smallest absolute Gasteiger partial charge is 0.331 e. The van der Waals surface area contributed by atoms with Crippen LogP contribution in [0.25, 0.3) is 0 Å². The van der Waals surface area contributed by atoms with Crippen molar-refractivity contribution in [1.29, 1.82) is 0 Å². The van der Waals surface area contributed by atoms with Crippen molar-refractivity contribution in [2.75, 3.05) is 6.61 Å². The van der Waals surface area contributed by atoms with E-state index in [1.54, 1.807) is 6.08 Å². The van der Waals surface area contributed by atoms with Gasteiger partial charge in [-0.1, -0.05) is 13.8 Å². The first-order chi connectivity index (χ1) is 13.3. The van der Waals surface area contributed by atoms with E-state index in [0.29, 0.717) is 24.4 Å². The van der Waals surface area contributed by atoms with E-state index in [0.717, 1.165) is 63.4 Å². The maximum atomic E-state index is 12.3. The molecule has 28 heavy (non-hydrogen) atoms. The van der Waals surface area contributed by atoms with Crippen LogP contribution >= 0.6 is 0 Å². The van der Waals surface area contributed by atoms with Gasteiger partial charge in [-0.05, 0) is 98.9 Å². The third-order valence-corrected chi connectivity index (χ3v) is 10.2. The van der Waals surface area contributed by atoms with Crippen molar-refractivity contribution < 1.29 is 19.7 Å². The molecule has 5 rings (SSSR count). The van der Waals surface area contributed by atoms with Gasteiger partial charge < -0.3 is 14.9 Å². The van der Waals surface area contributed by atoms with Gasteiger partial charge in [-0.25, -0.2) is 4.79 Å². The van der Waals surface area contributed by atoms with Crippen LogP contribution < -0.4 is 0 Å². The van der Waals surface area contributed by atoms with E-state index >= 15 is 0 Å². The number of cyclic esters (lactones) is 1. The van der Waals surface area contributed by atoms with Crippen molar-refractivity contribution in [3.8, 4) is 0 Å². The topological polar surface area (TPSA) is 66.8 Å². The lowest BCUT2D eigenvalue weighted by Gasteiger charge is -2.67. The Hall–Kier alpha value is -0.870. The standard InChI is InChI=1S/C24H36O4/c1-22-10-7-17(25)13-16(22)5-6-20-19(22)8-11-23(2)18(4-3-9-24(20,23)27)15-12-21(26)28-14-15/h12,16-20,25,27H,3-11,13-14H2,1-2H3/t16-,17+,18-,19+,20-,22+,23-,24+/m1/s1. The molecule has 4 aliphatic carbocycles. The Balaban J connectivity index is 1.49. The number of ether oxygens (including phenoxy) is 1. The number of aliphatic hydroxyl groups excluding tert-OH is 1. The van der Waals surface area contributed by atoms with E-state index < -0.39 is 5.60 Å². The van der Waals surface area contributed by atoms with Gasteiger partial charge in [0.1, 0.15) is 6.61 Å². The molecule has 0 radical (unpaired) electrons. The van der Waals surface area contributed by atoms with E-state index in [2.05, 4.69) is 13.8 Å². The SMILES string of the molecule is C[C@]12CC[C@H](O)C[C@H]1CC[C@@H]1[C@@H]2CC[C@]2(C)[C@@H](C3=CC(=O)OC3)CCC[C@]12O. The second kappa shape index (κ2) is 6.31.